The molecule has 3 rings (SSSR count). The number of halogens is 3. The van der Waals surface area contributed by atoms with Gasteiger partial charge in [0.15, 0.2) is 5.69 Å². The van der Waals surface area contributed by atoms with Gasteiger partial charge in [0.1, 0.15) is 0 Å². The van der Waals surface area contributed by atoms with E-state index in [1.54, 1.807) is 13.8 Å². The number of aryl methyl sites for hydroxylation is 2. The van der Waals surface area contributed by atoms with Crippen LogP contribution >= 0.6 is 0 Å². The van der Waals surface area contributed by atoms with E-state index in [9.17, 15) is 18.0 Å². The average Bonchev–Trinajstić information content (AvgIpc) is 3.17. The normalized spacial score (nSPS) is 11.6. The van der Waals surface area contributed by atoms with Crippen molar-refractivity contribution in [2.24, 2.45) is 0 Å². The third-order valence-electron chi connectivity index (χ3n) is 3.64. The first kappa shape index (κ1) is 16.7. The highest BCUT2D eigenvalue weighted by molar-refractivity contribution is 6.04. The van der Waals surface area contributed by atoms with Gasteiger partial charge in [-0.05, 0) is 44.2 Å². The van der Waals surface area contributed by atoms with Gasteiger partial charge < -0.3 is 5.32 Å². The molecule has 0 aliphatic heterocycles. The SMILES string of the molecule is Cc1n[nH]c(C)c1NC(=O)c1ccc(-n2ccc(C(F)(F)F)n2)cc1. The highest BCUT2D eigenvalue weighted by Crippen LogP contribution is 2.28. The zero-order valence-electron chi connectivity index (χ0n) is 13.3. The molecule has 6 nitrogen and oxygen atoms in total. The van der Waals surface area contributed by atoms with Crippen molar-refractivity contribution in [3.05, 3.63) is 59.2 Å². The zero-order valence-corrected chi connectivity index (χ0v) is 13.3. The molecule has 1 amide bonds. The number of anilines is 1. The van der Waals surface area contributed by atoms with E-state index in [1.807, 2.05) is 0 Å². The summed E-state index contributed by atoms with van der Waals surface area (Å²) in [4.78, 5) is 12.3. The summed E-state index contributed by atoms with van der Waals surface area (Å²) in [5.74, 6) is -0.337. The van der Waals surface area contributed by atoms with Crippen LogP contribution in [0.15, 0.2) is 36.5 Å². The molecular formula is C16H14F3N5O. The fourth-order valence-electron chi connectivity index (χ4n) is 2.31. The van der Waals surface area contributed by atoms with Crippen molar-refractivity contribution in [2.45, 2.75) is 20.0 Å². The lowest BCUT2D eigenvalue weighted by molar-refractivity contribution is -0.141. The standard InChI is InChI=1S/C16H14F3N5O/c1-9-14(10(2)22-21-9)20-15(25)11-3-5-12(6-4-11)24-8-7-13(23-24)16(17,18)19/h3-8H,1-2H3,(H,20,25)(H,21,22). The number of nitrogens with one attached hydrogen (secondary N) is 2. The minimum Gasteiger partial charge on any atom is -0.319 e. The largest absolute Gasteiger partial charge is 0.435 e. The Morgan fingerprint density at radius 2 is 1.84 bits per heavy atom. The molecule has 0 aliphatic carbocycles. The van der Waals surface area contributed by atoms with Gasteiger partial charge in [0.25, 0.3) is 5.91 Å². The average molecular weight is 349 g/mol. The number of aromatic nitrogens is 4. The van der Waals surface area contributed by atoms with E-state index in [0.29, 0.717) is 22.6 Å². The van der Waals surface area contributed by atoms with Crippen LogP contribution in [0, 0.1) is 13.8 Å². The number of aromatic amines is 1. The van der Waals surface area contributed by atoms with E-state index in [1.165, 1.54) is 30.5 Å². The second-order valence-corrected chi connectivity index (χ2v) is 5.45. The van der Waals surface area contributed by atoms with Crippen molar-refractivity contribution in [3.63, 3.8) is 0 Å². The van der Waals surface area contributed by atoms with E-state index in [-0.39, 0.29) is 5.91 Å². The molecule has 2 N–H and O–H groups in total. The van der Waals surface area contributed by atoms with Crippen molar-refractivity contribution in [3.8, 4) is 5.69 Å². The fraction of sp³-hybridized carbons (Fsp3) is 0.188. The number of carbonyl (C=O) groups is 1. The van der Waals surface area contributed by atoms with E-state index in [4.69, 9.17) is 0 Å². The molecule has 3 aromatic rings. The quantitative estimate of drug-likeness (QED) is 0.760. The van der Waals surface area contributed by atoms with Crippen LogP contribution in [0.25, 0.3) is 5.69 Å². The van der Waals surface area contributed by atoms with Gasteiger partial charge in [0.2, 0.25) is 0 Å². The van der Waals surface area contributed by atoms with Crippen LogP contribution in [0.2, 0.25) is 0 Å². The zero-order chi connectivity index (χ0) is 18.2. The van der Waals surface area contributed by atoms with E-state index in [0.717, 1.165) is 16.4 Å². The summed E-state index contributed by atoms with van der Waals surface area (Å²) in [6, 6.07) is 6.98. The molecule has 0 spiro atoms. The lowest BCUT2D eigenvalue weighted by Gasteiger charge is -2.07. The number of hydrogen-bond acceptors (Lipinski definition) is 3. The monoisotopic (exact) mass is 349 g/mol. The van der Waals surface area contributed by atoms with Crippen LogP contribution < -0.4 is 5.32 Å². The molecule has 0 unspecified atom stereocenters. The van der Waals surface area contributed by atoms with Gasteiger partial charge in [-0.15, -0.1) is 0 Å². The summed E-state index contributed by atoms with van der Waals surface area (Å²) in [6.07, 6.45) is -3.28. The summed E-state index contributed by atoms with van der Waals surface area (Å²) in [5, 5.41) is 13.0. The number of alkyl halides is 3. The maximum Gasteiger partial charge on any atom is 0.435 e. The predicted molar refractivity (Wildman–Crippen MR) is 84.6 cm³/mol. The molecule has 2 heterocycles. The smallest absolute Gasteiger partial charge is 0.319 e. The topological polar surface area (TPSA) is 75.6 Å². The Hall–Kier alpha value is -3.10. The van der Waals surface area contributed by atoms with Crippen LogP contribution in [0.1, 0.15) is 27.4 Å². The number of amides is 1. The van der Waals surface area contributed by atoms with Crippen LogP contribution in [0.4, 0.5) is 18.9 Å². The summed E-state index contributed by atoms with van der Waals surface area (Å²) in [6.45, 7) is 3.55. The molecule has 130 valence electrons. The molecule has 0 saturated heterocycles. The van der Waals surface area contributed by atoms with Crippen molar-refractivity contribution in [2.75, 3.05) is 5.32 Å². The van der Waals surface area contributed by atoms with Crippen molar-refractivity contribution in [1.29, 1.82) is 0 Å². The molecule has 0 fully saturated rings. The summed E-state index contributed by atoms with van der Waals surface area (Å²) in [7, 11) is 0. The highest BCUT2D eigenvalue weighted by Gasteiger charge is 2.33. The number of carbonyl (C=O) groups excluding carboxylic acids is 1. The van der Waals surface area contributed by atoms with Gasteiger partial charge in [-0.3, -0.25) is 9.89 Å². The van der Waals surface area contributed by atoms with Crippen molar-refractivity contribution < 1.29 is 18.0 Å². The van der Waals surface area contributed by atoms with Gasteiger partial charge in [-0.25, -0.2) is 4.68 Å². The van der Waals surface area contributed by atoms with E-state index < -0.39 is 11.9 Å². The van der Waals surface area contributed by atoms with Crippen LogP contribution in [-0.2, 0) is 6.18 Å². The molecule has 0 saturated carbocycles. The fourth-order valence-corrected chi connectivity index (χ4v) is 2.31. The Bertz CT molecular complexity index is 889. The van der Waals surface area contributed by atoms with Crippen LogP contribution in [0.3, 0.4) is 0 Å². The van der Waals surface area contributed by atoms with E-state index in [2.05, 4.69) is 20.6 Å². The number of hydrogen-bond donors (Lipinski definition) is 2. The lowest BCUT2D eigenvalue weighted by Crippen LogP contribution is -2.13. The first-order valence-corrected chi connectivity index (χ1v) is 7.32. The maximum absolute atomic E-state index is 12.6. The minimum absolute atomic E-state index is 0.337. The number of nitrogens with zero attached hydrogens (tertiary/aromatic N) is 3. The Morgan fingerprint density at radius 3 is 2.36 bits per heavy atom. The molecule has 0 aliphatic rings. The Morgan fingerprint density at radius 1 is 1.16 bits per heavy atom. The second kappa shape index (κ2) is 6.08. The van der Waals surface area contributed by atoms with Gasteiger partial charge in [-0.1, -0.05) is 0 Å². The van der Waals surface area contributed by atoms with Gasteiger partial charge in [0.05, 0.1) is 22.8 Å². The molecule has 0 radical (unpaired) electrons. The van der Waals surface area contributed by atoms with Gasteiger partial charge in [-0.2, -0.15) is 23.4 Å². The first-order chi connectivity index (χ1) is 11.8. The third kappa shape index (κ3) is 3.39. The molecule has 9 heteroatoms. The summed E-state index contributed by atoms with van der Waals surface area (Å²) >= 11 is 0. The molecule has 0 bridgehead atoms. The van der Waals surface area contributed by atoms with E-state index >= 15 is 0 Å². The third-order valence-corrected chi connectivity index (χ3v) is 3.64. The molecular weight excluding hydrogens is 335 g/mol. The number of benzene rings is 1. The molecule has 2 aromatic heterocycles. The maximum atomic E-state index is 12.6. The van der Waals surface area contributed by atoms with Crippen LogP contribution in [-0.4, -0.2) is 25.9 Å². The molecule has 25 heavy (non-hydrogen) atoms. The second-order valence-electron chi connectivity index (χ2n) is 5.45. The Balaban J connectivity index is 1.78. The predicted octanol–water partition coefficient (Wildman–Crippen LogP) is 3.48. The Labute approximate surface area is 140 Å². The highest BCUT2D eigenvalue weighted by atomic mass is 19.4. The summed E-state index contributed by atoms with van der Waals surface area (Å²) in [5.41, 5.74) is 1.82. The van der Waals surface area contributed by atoms with Crippen molar-refractivity contribution >= 4 is 11.6 Å². The summed E-state index contributed by atoms with van der Waals surface area (Å²) < 4.78 is 38.9. The molecule has 1 aromatic carbocycles. The molecule has 0 atom stereocenters. The lowest BCUT2D eigenvalue weighted by atomic mass is 10.2. The first-order valence-electron chi connectivity index (χ1n) is 7.32. The number of H-pyrrole nitrogens is 1. The van der Waals surface area contributed by atoms with Gasteiger partial charge >= 0.3 is 6.18 Å². The Kier molecular flexibility index (Phi) is 4.07. The van der Waals surface area contributed by atoms with Gasteiger partial charge in [0, 0.05) is 11.8 Å². The van der Waals surface area contributed by atoms with Crippen LogP contribution in [0.5, 0.6) is 0 Å². The minimum atomic E-state index is -4.49. The number of rotatable bonds is 3. The van der Waals surface area contributed by atoms with Crippen molar-refractivity contribution in [1.82, 2.24) is 20.0 Å².